The molecule has 0 saturated heterocycles. The number of ether oxygens (including phenoxy) is 1. The van der Waals surface area contributed by atoms with Crippen LogP contribution in [0.15, 0.2) is 54.7 Å². The van der Waals surface area contributed by atoms with Crippen LogP contribution < -0.4 is 10.1 Å². The summed E-state index contributed by atoms with van der Waals surface area (Å²) in [5.74, 6) is 0.136. The predicted octanol–water partition coefficient (Wildman–Crippen LogP) is 5.60. The van der Waals surface area contributed by atoms with Crippen LogP contribution in [0.5, 0.6) is 5.75 Å². The lowest BCUT2D eigenvalue weighted by molar-refractivity contribution is -0.260. The summed E-state index contributed by atoms with van der Waals surface area (Å²) in [5.41, 5.74) is -3.14. The molecule has 2 aromatic heterocycles. The third-order valence-corrected chi connectivity index (χ3v) is 6.49. The average Bonchev–Trinajstić information content (AvgIpc) is 3.31. The number of para-hydroxylation sites is 1. The van der Waals surface area contributed by atoms with E-state index >= 15 is 0 Å². The van der Waals surface area contributed by atoms with Gasteiger partial charge in [-0.15, -0.1) is 0 Å². The van der Waals surface area contributed by atoms with Gasteiger partial charge >= 0.3 is 6.18 Å². The molecule has 202 valence electrons. The molecule has 4 rings (SSSR count). The molecule has 0 amide bonds. The van der Waals surface area contributed by atoms with Crippen molar-refractivity contribution < 1.29 is 27.4 Å². The second kappa shape index (κ2) is 10.2. The minimum atomic E-state index is -5.01. The van der Waals surface area contributed by atoms with Crippen LogP contribution in [0.2, 0.25) is 0 Å². The van der Waals surface area contributed by atoms with Gasteiger partial charge in [0.2, 0.25) is 0 Å². The summed E-state index contributed by atoms with van der Waals surface area (Å²) in [4.78, 5) is 8.91. The lowest BCUT2D eigenvalue weighted by Crippen LogP contribution is -2.53. The maximum Gasteiger partial charge on any atom is 0.418 e. The van der Waals surface area contributed by atoms with Gasteiger partial charge in [0.1, 0.15) is 23.2 Å². The molecule has 0 fully saturated rings. The van der Waals surface area contributed by atoms with E-state index in [0.717, 1.165) is 17.8 Å². The summed E-state index contributed by atoms with van der Waals surface area (Å²) in [7, 11) is 1.35. The third-order valence-electron chi connectivity index (χ3n) is 6.49. The van der Waals surface area contributed by atoms with Crippen LogP contribution in [0.25, 0.3) is 16.7 Å². The number of nitrogens with one attached hydrogen (secondary N) is 1. The Bertz CT molecular complexity index is 1420. The van der Waals surface area contributed by atoms with Crippen molar-refractivity contribution in [2.24, 2.45) is 0 Å². The zero-order valence-electron chi connectivity index (χ0n) is 21.5. The van der Waals surface area contributed by atoms with Gasteiger partial charge in [-0.05, 0) is 42.2 Å². The second-order valence-electron chi connectivity index (χ2n) is 9.76. The van der Waals surface area contributed by atoms with Gasteiger partial charge < -0.3 is 15.2 Å². The standard InChI is InChI=1S/C27H29F4N5O2/c1-5-22-34-23(19-14-33-36(24(19)35-22)18-9-7-6-8-10-18)32-16-26(37,27(29,30)31)15-25(2,3)20-13-17(28)11-12-21(20)38-4/h6-14,37H,5,15-16H2,1-4H3,(H,32,34,35). The summed E-state index contributed by atoms with van der Waals surface area (Å²) >= 11 is 0. The number of hydrogen-bond acceptors (Lipinski definition) is 6. The summed E-state index contributed by atoms with van der Waals surface area (Å²) in [5, 5.41) is 18.5. The number of alkyl halides is 3. The highest BCUT2D eigenvalue weighted by atomic mass is 19.4. The number of anilines is 1. The first-order chi connectivity index (χ1) is 17.9. The van der Waals surface area contributed by atoms with Gasteiger partial charge in [0.15, 0.2) is 11.2 Å². The SMILES string of the molecule is CCc1nc(NCC(O)(CC(C)(C)c2cc(F)ccc2OC)C(F)(F)F)c2cnn(-c3ccccc3)c2n1. The number of nitrogens with zero attached hydrogens (tertiary/aromatic N) is 4. The van der Waals surface area contributed by atoms with Crippen LogP contribution in [0.1, 0.15) is 38.6 Å². The van der Waals surface area contributed by atoms with E-state index in [2.05, 4.69) is 20.4 Å². The van der Waals surface area contributed by atoms with Crippen LogP contribution in [-0.4, -0.2) is 50.3 Å². The lowest BCUT2D eigenvalue weighted by atomic mass is 9.74. The van der Waals surface area contributed by atoms with E-state index in [1.165, 1.54) is 33.2 Å². The number of halogens is 4. The minimum absolute atomic E-state index is 0.123. The van der Waals surface area contributed by atoms with Crippen LogP contribution in [0.4, 0.5) is 23.4 Å². The van der Waals surface area contributed by atoms with E-state index in [-0.39, 0.29) is 17.1 Å². The van der Waals surface area contributed by atoms with Crippen LogP contribution in [-0.2, 0) is 11.8 Å². The van der Waals surface area contributed by atoms with E-state index in [0.29, 0.717) is 23.3 Å². The number of aliphatic hydroxyl groups is 1. The Kier molecular flexibility index (Phi) is 7.33. The Morgan fingerprint density at radius 2 is 1.76 bits per heavy atom. The third kappa shape index (κ3) is 5.28. The molecule has 0 bridgehead atoms. The molecule has 0 radical (unpaired) electrons. The van der Waals surface area contributed by atoms with E-state index in [1.54, 1.807) is 4.68 Å². The van der Waals surface area contributed by atoms with Gasteiger partial charge in [0.25, 0.3) is 0 Å². The number of rotatable bonds is 9. The molecule has 0 aliphatic rings. The first kappa shape index (κ1) is 27.3. The van der Waals surface area contributed by atoms with Crippen molar-refractivity contribution in [2.75, 3.05) is 19.0 Å². The fourth-order valence-electron chi connectivity index (χ4n) is 4.53. The van der Waals surface area contributed by atoms with Gasteiger partial charge in [-0.25, -0.2) is 19.0 Å². The molecule has 0 spiro atoms. The maximum atomic E-state index is 14.4. The van der Waals surface area contributed by atoms with Crippen molar-refractivity contribution >= 4 is 16.9 Å². The highest BCUT2D eigenvalue weighted by Gasteiger charge is 2.56. The van der Waals surface area contributed by atoms with Crippen molar-refractivity contribution in [3.8, 4) is 11.4 Å². The first-order valence-corrected chi connectivity index (χ1v) is 12.1. The van der Waals surface area contributed by atoms with Crippen LogP contribution in [0, 0.1) is 5.82 Å². The van der Waals surface area contributed by atoms with E-state index in [1.807, 2.05) is 37.3 Å². The Hall–Kier alpha value is -3.73. The van der Waals surface area contributed by atoms with Gasteiger partial charge in [0.05, 0.1) is 30.9 Å². The number of aromatic nitrogens is 4. The van der Waals surface area contributed by atoms with Gasteiger partial charge in [-0.1, -0.05) is 39.0 Å². The molecule has 1 unspecified atom stereocenters. The lowest BCUT2D eigenvalue weighted by Gasteiger charge is -2.38. The quantitative estimate of drug-likeness (QED) is 0.274. The summed E-state index contributed by atoms with van der Waals surface area (Å²) in [6.07, 6.45) is -3.88. The zero-order valence-corrected chi connectivity index (χ0v) is 21.5. The van der Waals surface area contributed by atoms with Crippen molar-refractivity contribution in [3.05, 3.63) is 71.9 Å². The van der Waals surface area contributed by atoms with Crippen molar-refractivity contribution in [2.45, 2.75) is 50.8 Å². The van der Waals surface area contributed by atoms with Crippen LogP contribution in [0.3, 0.4) is 0 Å². The molecule has 2 heterocycles. The Balaban J connectivity index is 1.70. The highest BCUT2D eigenvalue weighted by Crippen LogP contribution is 2.44. The molecule has 38 heavy (non-hydrogen) atoms. The fourth-order valence-corrected chi connectivity index (χ4v) is 4.53. The van der Waals surface area contributed by atoms with Crippen molar-refractivity contribution in [1.82, 2.24) is 19.7 Å². The molecule has 4 aromatic rings. The average molecular weight is 532 g/mol. The number of hydrogen-bond donors (Lipinski definition) is 2. The van der Waals surface area contributed by atoms with Crippen LogP contribution >= 0.6 is 0 Å². The molecule has 1 atom stereocenters. The molecule has 0 aliphatic heterocycles. The van der Waals surface area contributed by atoms with E-state index in [4.69, 9.17) is 4.74 Å². The van der Waals surface area contributed by atoms with E-state index < -0.39 is 36.0 Å². The van der Waals surface area contributed by atoms with Gasteiger partial charge in [-0.2, -0.15) is 18.3 Å². The Morgan fingerprint density at radius 3 is 2.39 bits per heavy atom. The van der Waals surface area contributed by atoms with Crippen molar-refractivity contribution in [1.29, 1.82) is 0 Å². The predicted molar refractivity (Wildman–Crippen MR) is 136 cm³/mol. The molecular weight excluding hydrogens is 502 g/mol. The monoisotopic (exact) mass is 531 g/mol. The molecule has 2 N–H and O–H groups in total. The number of aryl methyl sites for hydroxylation is 1. The number of fused-ring (bicyclic) bond motifs is 1. The fraction of sp³-hybridized carbons (Fsp3) is 0.370. The largest absolute Gasteiger partial charge is 0.496 e. The highest BCUT2D eigenvalue weighted by molar-refractivity contribution is 5.87. The van der Waals surface area contributed by atoms with E-state index in [9.17, 15) is 22.7 Å². The first-order valence-electron chi connectivity index (χ1n) is 12.1. The summed E-state index contributed by atoms with van der Waals surface area (Å²) in [6.45, 7) is 3.93. The molecule has 2 aromatic carbocycles. The molecular formula is C27H29F4N5O2. The molecule has 0 aliphatic carbocycles. The molecule has 7 nitrogen and oxygen atoms in total. The maximum absolute atomic E-state index is 14.4. The zero-order chi connectivity index (χ0) is 27.7. The minimum Gasteiger partial charge on any atom is -0.496 e. The normalized spacial score (nSPS) is 13.9. The van der Waals surface area contributed by atoms with Gasteiger partial charge in [-0.3, -0.25) is 0 Å². The summed E-state index contributed by atoms with van der Waals surface area (Å²) in [6, 6.07) is 12.8. The molecule has 11 heteroatoms. The van der Waals surface area contributed by atoms with Crippen molar-refractivity contribution in [3.63, 3.8) is 0 Å². The smallest absolute Gasteiger partial charge is 0.418 e. The topological polar surface area (TPSA) is 85.1 Å². The number of benzene rings is 2. The van der Waals surface area contributed by atoms with Gasteiger partial charge in [0, 0.05) is 12.0 Å². The number of methoxy groups -OCH3 is 1. The second-order valence-corrected chi connectivity index (χ2v) is 9.76. The summed E-state index contributed by atoms with van der Waals surface area (Å²) < 4.78 is 63.9. The Morgan fingerprint density at radius 1 is 1.05 bits per heavy atom. The Labute approximate surface area is 217 Å². The molecule has 0 saturated carbocycles.